The zero-order valence-electron chi connectivity index (χ0n) is 8.01. The van der Waals surface area contributed by atoms with Crippen molar-refractivity contribution in [3.05, 3.63) is 12.3 Å². The van der Waals surface area contributed by atoms with E-state index in [-0.39, 0.29) is 5.60 Å². The molecule has 0 heterocycles. The summed E-state index contributed by atoms with van der Waals surface area (Å²) in [6.45, 7) is 5.49. The second-order valence-electron chi connectivity index (χ2n) is 3.49. The topological polar surface area (TPSA) is 18.5 Å². The van der Waals surface area contributed by atoms with Gasteiger partial charge in [-0.25, -0.2) is 0 Å². The molecule has 0 amide bonds. The van der Waals surface area contributed by atoms with Crippen LogP contribution in [0.3, 0.4) is 0 Å². The molecule has 0 N–H and O–H groups in total. The van der Waals surface area contributed by atoms with E-state index in [1.807, 2.05) is 13.0 Å². The summed E-state index contributed by atoms with van der Waals surface area (Å²) in [5.74, 6) is 0. The van der Waals surface area contributed by atoms with Gasteiger partial charge in [0.2, 0.25) is 0 Å². The summed E-state index contributed by atoms with van der Waals surface area (Å²) in [4.78, 5) is 0. The van der Waals surface area contributed by atoms with E-state index in [0.717, 1.165) is 0 Å². The van der Waals surface area contributed by atoms with Crippen LogP contribution >= 0.6 is 0 Å². The Morgan fingerprint density at radius 2 is 2.08 bits per heavy atom. The number of allylic oxidation sites excluding steroid dienone is 1. The van der Waals surface area contributed by atoms with Gasteiger partial charge in [0.15, 0.2) is 0 Å². The second-order valence-corrected chi connectivity index (χ2v) is 3.49. The van der Waals surface area contributed by atoms with Crippen LogP contribution < -0.4 is 0 Å². The zero-order valence-corrected chi connectivity index (χ0v) is 8.01. The maximum absolute atomic E-state index is 5.65. The van der Waals surface area contributed by atoms with Crippen molar-refractivity contribution in [3.63, 3.8) is 0 Å². The Hall–Kier alpha value is -0.500. The minimum Gasteiger partial charge on any atom is -0.499 e. The average Bonchev–Trinajstić information content (AvgIpc) is 2.01. The Labute approximate surface area is 74.6 Å². The number of hydrogen-bond acceptors (Lipinski definition) is 2. The lowest BCUT2D eigenvalue weighted by Crippen LogP contribution is -2.37. The largest absolute Gasteiger partial charge is 0.499 e. The highest BCUT2D eigenvalue weighted by Crippen LogP contribution is 2.34. The molecule has 1 saturated carbocycles. The first-order valence-electron chi connectivity index (χ1n) is 4.63. The molecule has 0 bridgehead atoms. The van der Waals surface area contributed by atoms with Crippen LogP contribution in [-0.4, -0.2) is 18.8 Å². The quantitative estimate of drug-likeness (QED) is 0.466. The van der Waals surface area contributed by atoms with Gasteiger partial charge >= 0.3 is 0 Å². The number of rotatable bonds is 5. The van der Waals surface area contributed by atoms with E-state index in [4.69, 9.17) is 9.47 Å². The predicted octanol–water partition coefficient (Wildman–Crippen LogP) is 2.50. The lowest BCUT2D eigenvalue weighted by Gasteiger charge is -2.38. The van der Waals surface area contributed by atoms with Crippen molar-refractivity contribution in [2.75, 3.05) is 13.2 Å². The molecule has 0 spiro atoms. The standard InChI is InChI=1S/C10H18O2/c1-3-7-11-8-9-12-10(2)5-4-6-10/h3,7H,4-6,8-9H2,1-2H3. The first kappa shape index (κ1) is 9.59. The molecule has 0 radical (unpaired) electrons. The van der Waals surface area contributed by atoms with Gasteiger partial charge in [0, 0.05) is 0 Å². The van der Waals surface area contributed by atoms with E-state index in [1.54, 1.807) is 6.26 Å². The first-order valence-corrected chi connectivity index (χ1v) is 4.63. The molecule has 0 aliphatic heterocycles. The van der Waals surface area contributed by atoms with Crippen molar-refractivity contribution in [2.45, 2.75) is 38.7 Å². The molecule has 2 heteroatoms. The van der Waals surface area contributed by atoms with Crippen LogP contribution in [0.2, 0.25) is 0 Å². The van der Waals surface area contributed by atoms with Crippen molar-refractivity contribution in [2.24, 2.45) is 0 Å². The fourth-order valence-corrected chi connectivity index (χ4v) is 1.32. The van der Waals surface area contributed by atoms with Crippen LogP contribution in [0.1, 0.15) is 33.1 Å². The number of ether oxygens (including phenoxy) is 2. The number of hydrogen-bond donors (Lipinski definition) is 0. The van der Waals surface area contributed by atoms with Crippen molar-refractivity contribution >= 4 is 0 Å². The Bertz CT molecular complexity index is 148. The lowest BCUT2D eigenvalue weighted by atomic mass is 9.82. The summed E-state index contributed by atoms with van der Waals surface area (Å²) in [7, 11) is 0. The predicted molar refractivity (Wildman–Crippen MR) is 49.0 cm³/mol. The minimum atomic E-state index is 0.166. The van der Waals surface area contributed by atoms with E-state index < -0.39 is 0 Å². The first-order chi connectivity index (χ1) is 5.77. The van der Waals surface area contributed by atoms with Crippen LogP contribution in [0.25, 0.3) is 0 Å². The maximum atomic E-state index is 5.65. The monoisotopic (exact) mass is 170 g/mol. The van der Waals surface area contributed by atoms with E-state index in [1.165, 1.54) is 19.3 Å². The summed E-state index contributed by atoms with van der Waals surface area (Å²) in [5, 5.41) is 0. The second kappa shape index (κ2) is 4.51. The van der Waals surface area contributed by atoms with Crippen LogP contribution in [0.5, 0.6) is 0 Å². The van der Waals surface area contributed by atoms with Crippen LogP contribution in [0.4, 0.5) is 0 Å². The Balaban J connectivity index is 1.95. The molecule has 1 aliphatic carbocycles. The molecule has 0 aromatic carbocycles. The highest BCUT2D eigenvalue weighted by Gasteiger charge is 2.32. The SMILES string of the molecule is CC=COCCOC1(C)CCC1. The molecule has 0 atom stereocenters. The van der Waals surface area contributed by atoms with Crippen LogP contribution in [0, 0.1) is 0 Å². The van der Waals surface area contributed by atoms with Crippen molar-refractivity contribution in [1.29, 1.82) is 0 Å². The van der Waals surface area contributed by atoms with E-state index in [9.17, 15) is 0 Å². The van der Waals surface area contributed by atoms with Crippen molar-refractivity contribution < 1.29 is 9.47 Å². The highest BCUT2D eigenvalue weighted by atomic mass is 16.5. The molecular formula is C10H18O2. The van der Waals surface area contributed by atoms with Crippen molar-refractivity contribution in [1.82, 2.24) is 0 Å². The molecular weight excluding hydrogens is 152 g/mol. The van der Waals surface area contributed by atoms with Gasteiger partial charge in [-0.15, -0.1) is 0 Å². The van der Waals surface area contributed by atoms with Crippen LogP contribution in [0.15, 0.2) is 12.3 Å². The maximum Gasteiger partial charge on any atom is 0.111 e. The molecule has 0 unspecified atom stereocenters. The molecule has 0 aromatic heterocycles. The Morgan fingerprint density at radius 1 is 1.33 bits per heavy atom. The smallest absolute Gasteiger partial charge is 0.111 e. The van der Waals surface area contributed by atoms with Gasteiger partial charge in [-0.1, -0.05) is 6.08 Å². The van der Waals surface area contributed by atoms with Gasteiger partial charge in [-0.2, -0.15) is 0 Å². The van der Waals surface area contributed by atoms with Gasteiger partial charge in [0.05, 0.1) is 18.5 Å². The normalized spacial score (nSPS) is 20.8. The van der Waals surface area contributed by atoms with Crippen molar-refractivity contribution in [3.8, 4) is 0 Å². The van der Waals surface area contributed by atoms with Gasteiger partial charge < -0.3 is 9.47 Å². The Morgan fingerprint density at radius 3 is 2.58 bits per heavy atom. The molecule has 0 saturated heterocycles. The summed E-state index contributed by atoms with van der Waals surface area (Å²) in [6.07, 6.45) is 7.30. The fourth-order valence-electron chi connectivity index (χ4n) is 1.32. The zero-order chi connectivity index (χ0) is 8.86. The third-order valence-corrected chi connectivity index (χ3v) is 2.30. The molecule has 1 rings (SSSR count). The van der Waals surface area contributed by atoms with E-state index >= 15 is 0 Å². The Kier molecular flexibility index (Phi) is 3.60. The molecule has 1 fully saturated rings. The fraction of sp³-hybridized carbons (Fsp3) is 0.800. The molecule has 12 heavy (non-hydrogen) atoms. The third kappa shape index (κ3) is 2.86. The summed E-state index contributed by atoms with van der Waals surface area (Å²) >= 11 is 0. The summed E-state index contributed by atoms with van der Waals surface area (Å²) in [5.41, 5.74) is 0.166. The van der Waals surface area contributed by atoms with Gasteiger partial charge in [0.25, 0.3) is 0 Å². The highest BCUT2D eigenvalue weighted by molar-refractivity contribution is 4.84. The van der Waals surface area contributed by atoms with E-state index in [0.29, 0.717) is 13.2 Å². The summed E-state index contributed by atoms with van der Waals surface area (Å²) in [6, 6.07) is 0. The minimum absolute atomic E-state index is 0.166. The van der Waals surface area contributed by atoms with Gasteiger partial charge in [-0.3, -0.25) is 0 Å². The molecule has 1 aliphatic rings. The van der Waals surface area contributed by atoms with Gasteiger partial charge in [-0.05, 0) is 33.1 Å². The molecule has 0 aromatic rings. The summed E-state index contributed by atoms with van der Waals surface area (Å²) < 4.78 is 10.8. The van der Waals surface area contributed by atoms with E-state index in [2.05, 4.69) is 6.92 Å². The average molecular weight is 170 g/mol. The van der Waals surface area contributed by atoms with Crippen LogP contribution in [-0.2, 0) is 9.47 Å². The van der Waals surface area contributed by atoms with Gasteiger partial charge in [0.1, 0.15) is 6.61 Å². The molecule has 70 valence electrons. The lowest BCUT2D eigenvalue weighted by molar-refractivity contribution is -0.0951. The third-order valence-electron chi connectivity index (χ3n) is 2.30. The molecule has 2 nitrogen and oxygen atoms in total.